The van der Waals surface area contributed by atoms with Gasteiger partial charge in [-0.15, -0.1) is 0 Å². The first kappa shape index (κ1) is 24.2. The maximum absolute atomic E-state index is 3.58. The van der Waals surface area contributed by atoms with Gasteiger partial charge in [0.25, 0.3) is 0 Å². The third-order valence-corrected chi connectivity index (χ3v) is 5.62. The van der Waals surface area contributed by atoms with Crippen molar-refractivity contribution >= 4 is 0 Å². The van der Waals surface area contributed by atoms with Gasteiger partial charge < -0.3 is 5.32 Å². The summed E-state index contributed by atoms with van der Waals surface area (Å²) in [6.45, 7) is 6.64. The number of hydrogen-bond donors (Lipinski definition) is 1. The van der Waals surface area contributed by atoms with Crippen molar-refractivity contribution in [3.8, 4) is 0 Å². The Morgan fingerprint density at radius 3 is 1.59 bits per heavy atom. The molecule has 0 atom stereocenters. The van der Waals surface area contributed by atoms with Gasteiger partial charge in [-0.25, -0.2) is 0 Å². The van der Waals surface area contributed by atoms with Crippen LogP contribution in [0.25, 0.3) is 0 Å². The van der Waals surface area contributed by atoms with E-state index in [-0.39, 0.29) is 0 Å². The monoisotopic (exact) mass is 373 g/mol. The van der Waals surface area contributed by atoms with Gasteiger partial charge in [-0.1, -0.05) is 133 Å². The predicted octanol–water partition coefficient (Wildman–Crippen LogP) is 8.35. The molecule has 1 aromatic carbocycles. The van der Waals surface area contributed by atoms with Crippen molar-refractivity contribution in [1.29, 1.82) is 0 Å². The SMILES string of the molecule is CCCCCCCCCCCCCCCCCCNCc1cccc(C)c1. The molecule has 156 valence electrons. The van der Waals surface area contributed by atoms with Gasteiger partial charge >= 0.3 is 0 Å². The molecule has 0 bridgehead atoms. The molecule has 0 aliphatic rings. The van der Waals surface area contributed by atoms with E-state index < -0.39 is 0 Å². The number of nitrogens with one attached hydrogen (secondary N) is 1. The van der Waals surface area contributed by atoms with E-state index in [9.17, 15) is 0 Å². The molecule has 0 spiro atoms. The first-order chi connectivity index (χ1) is 13.3. The lowest BCUT2D eigenvalue weighted by Gasteiger charge is -2.06. The van der Waals surface area contributed by atoms with Gasteiger partial charge in [-0.05, 0) is 25.5 Å². The molecule has 0 aliphatic heterocycles. The van der Waals surface area contributed by atoms with E-state index in [0.29, 0.717) is 0 Å². The Bertz CT molecular complexity index is 426. The highest BCUT2D eigenvalue weighted by atomic mass is 14.8. The number of aryl methyl sites for hydroxylation is 1. The van der Waals surface area contributed by atoms with E-state index in [1.54, 1.807) is 0 Å². The second kappa shape index (κ2) is 18.5. The summed E-state index contributed by atoms with van der Waals surface area (Å²) in [5.74, 6) is 0. The largest absolute Gasteiger partial charge is 0.313 e. The molecule has 0 fully saturated rings. The van der Waals surface area contributed by atoms with Crippen LogP contribution in [0.5, 0.6) is 0 Å². The summed E-state index contributed by atoms with van der Waals surface area (Å²) >= 11 is 0. The van der Waals surface area contributed by atoms with Gasteiger partial charge in [0, 0.05) is 6.54 Å². The van der Waals surface area contributed by atoms with Crippen LogP contribution in [0.1, 0.15) is 121 Å². The van der Waals surface area contributed by atoms with Crippen molar-refractivity contribution in [3.63, 3.8) is 0 Å². The molecule has 0 heterocycles. The first-order valence-corrected chi connectivity index (χ1v) is 12.1. The van der Waals surface area contributed by atoms with Crippen LogP contribution < -0.4 is 5.32 Å². The molecule has 0 aliphatic carbocycles. The Labute approximate surface area is 170 Å². The third kappa shape index (κ3) is 15.9. The minimum absolute atomic E-state index is 1.01. The van der Waals surface area contributed by atoms with Crippen LogP contribution in [0, 0.1) is 6.92 Å². The summed E-state index contributed by atoms with van der Waals surface area (Å²) in [5.41, 5.74) is 2.77. The van der Waals surface area contributed by atoms with E-state index in [1.807, 2.05) is 0 Å². The molecule has 1 aromatic rings. The maximum Gasteiger partial charge on any atom is 0.0205 e. The molecule has 0 radical (unpaired) electrons. The van der Waals surface area contributed by atoms with Crippen LogP contribution in [0.4, 0.5) is 0 Å². The third-order valence-electron chi connectivity index (χ3n) is 5.62. The van der Waals surface area contributed by atoms with E-state index in [1.165, 1.54) is 114 Å². The zero-order valence-corrected chi connectivity index (χ0v) is 18.5. The summed E-state index contributed by atoms with van der Waals surface area (Å²) in [6, 6.07) is 8.81. The first-order valence-electron chi connectivity index (χ1n) is 12.1. The lowest BCUT2D eigenvalue weighted by Crippen LogP contribution is -2.14. The van der Waals surface area contributed by atoms with Crippen molar-refractivity contribution in [2.75, 3.05) is 6.54 Å². The Kier molecular flexibility index (Phi) is 16.6. The highest BCUT2D eigenvalue weighted by Gasteiger charge is 1.96. The Balaban J connectivity index is 1.72. The van der Waals surface area contributed by atoms with E-state index in [2.05, 4.69) is 43.4 Å². The smallest absolute Gasteiger partial charge is 0.0205 e. The molecular formula is C26H47N. The quantitative estimate of drug-likeness (QED) is 0.240. The Morgan fingerprint density at radius 2 is 1.11 bits per heavy atom. The highest BCUT2D eigenvalue weighted by molar-refractivity contribution is 5.21. The normalized spacial score (nSPS) is 11.2. The predicted molar refractivity (Wildman–Crippen MR) is 122 cm³/mol. The number of benzene rings is 1. The van der Waals surface area contributed by atoms with Crippen molar-refractivity contribution in [3.05, 3.63) is 35.4 Å². The van der Waals surface area contributed by atoms with Crippen LogP contribution in [-0.2, 0) is 6.54 Å². The number of rotatable bonds is 19. The molecule has 0 saturated carbocycles. The van der Waals surface area contributed by atoms with E-state index in [4.69, 9.17) is 0 Å². The van der Waals surface area contributed by atoms with Crippen molar-refractivity contribution < 1.29 is 0 Å². The van der Waals surface area contributed by atoms with Gasteiger partial charge in [-0.2, -0.15) is 0 Å². The number of hydrogen-bond acceptors (Lipinski definition) is 1. The van der Waals surface area contributed by atoms with Crippen molar-refractivity contribution in [1.82, 2.24) is 5.32 Å². The van der Waals surface area contributed by atoms with E-state index >= 15 is 0 Å². The fourth-order valence-electron chi connectivity index (χ4n) is 3.85. The summed E-state index contributed by atoms with van der Waals surface area (Å²) in [5, 5.41) is 3.58. The molecule has 1 heteroatoms. The molecule has 27 heavy (non-hydrogen) atoms. The molecule has 0 amide bonds. The lowest BCUT2D eigenvalue weighted by atomic mass is 10.0. The Morgan fingerprint density at radius 1 is 0.630 bits per heavy atom. The summed E-state index contributed by atoms with van der Waals surface area (Å²) in [4.78, 5) is 0. The van der Waals surface area contributed by atoms with Crippen LogP contribution in [0.3, 0.4) is 0 Å². The summed E-state index contributed by atoms with van der Waals surface area (Å²) in [6.07, 6.45) is 23.0. The second-order valence-electron chi connectivity index (χ2n) is 8.47. The van der Waals surface area contributed by atoms with Crippen LogP contribution >= 0.6 is 0 Å². The van der Waals surface area contributed by atoms with Gasteiger partial charge in [0.15, 0.2) is 0 Å². The van der Waals surface area contributed by atoms with Gasteiger partial charge in [0.2, 0.25) is 0 Å². The fraction of sp³-hybridized carbons (Fsp3) is 0.769. The molecule has 0 saturated heterocycles. The van der Waals surface area contributed by atoms with E-state index in [0.717, 1.165) is 13.1 Å². The van der Waals surface area contributed by atoms with Crippen LogP contribution in [0.2, 0.25) is 0 Å². The molecule has 0 aromatic heterocycles. The lowest BCUT2D eigenvalue weighted by molar-refractivity contribution is 0.525. The average molecular weight is 374 g/mol. The van der Waals surface area contributed by atoms with Crippen LogP contribution in [-0.4, -0.2) is 6.54 Å². The maximum atomic E-state index is 3.58. The minimum atomic E-state index is 1.01. The zero-order valence-electron chi connectivity index (χ0n) is 18.5. The summed E-state index contributed by atoms with van der Waals surface area (Å²) < 4.78 is 0. The minimum Gasteiger partial charge on any atom is -0.313 e. The standard InChI is InChI=1S/C26H47N/c1-3-4-5-6-7-8-9-10-11-12-13-14-15-16-17-18-22-27-24-26-21-19-20-25(2)23-26/h19-21,23,27H,3-18,22,24H2,1-2H3. The molecule has 1 nitrogen and oxygen atoms in total. The second-order valence-corrected chi connectivity index (χ2v) is 8.47. The fourth-order valence-corrected chi connectivity index (χ4v) is 3.85. The molecule has 1 N–H and O–H groups in total. The molecule has 0 unspecified atom stereocenters. The van der Waals surface area contributed by atoms with Gasteiger partial charge in [-0.3, -0.25) is 0 Å². The van der Waals surface area contributed by atoms with Crippen molar-refractivity contribution in [2.45, 2.75) is 123 Å². The summed E-state index contributed by atoms with van der Waals surface area (Å²) in [7, 11) is 0. The van der Waals surface area contributed by atoms with Crippen molar-refractivity contribution in [2.24, 2.45) is 0 Å². The average Bonchev–Trinajstić information content (AvgIpc) is 2.67. The van der Waals surface area contributed by atoms with Gasteiger partial charge in [0.1, 0.15) is 0 Å². The highest BCUT2D eigenvalue weighted by Crippen LogP contribution is 2.13. The molecular weight excluding hydrogens is 326 g/mol. The molecule has 1 rings (SSSR count). The van der Waals surface area contributed by atoms with Crippen LogP contribution in [0.15, 0.2) is 24.3 Å². The Hall–Kier alpha value is -0.820. The number of unbranched alkanes of at least 4 members (excludes halogenated alkanes) is 15. The zero-order chi connectivity index (χ0) is 19.4. The topological polar surface area (TPSA) is 12.0 Å². The van der Waals surface area contributed by atoms with Gasteiger partial charge in [0.05, 0.1) is 0 Å².